The normalized spacial score (nSPS) is 12.3. The number of sulfone groups is 1. The molecule has 0 saturated carbocycles. The van der Waals surface area contributed by atoms with Crippen LogP contribution in [-0.2, 0) is 16.4 Å². The van der Waals surface area contributed by atoms with Crippen molar-refractivity contribution < 1.29 is 12.8 Å². The molecule has 2 rings (SSSR count). The molecule has 0 aliphatic carbocycles. The minimum atomic E-state index is -3.47. The standard InChI is InChI=1S/C13H17N3O3S/c1-13(2,3)20(17,18)12-7-6-11(15-16-12)14-9-10-5-4-8-19-10/h4-8H,9H2,1-3H3,(H,14,15). The molecule has 0 saturated heterocycles. The van der Waals surface area contributed by atoms with Gasteiger partial charge >= 0.3 is 0 Å². The summed E-state index contributed by atoms with van der Waals surface area (Å²) in [5.74, 6) is 1.26. The van der Waals surface area contributed by atoms with Crippen molar-refractivity contribution in [1.82, 2.24) is 10.2 Å². The molecule has 0 atom stereocenters. The number of nitrogens with zero attached hydrogens (tertiary/aromatic N) is 2. The average molecular weight is 295 g/mol. The third kappa shape index (κ3) is 2.98. The highest BCUT2D eigenvalue weighted by molar-refractivity contribution is 7.92. The first-order chi connectivity index (χ1) is 9.30. The number of rotatable bonds is 4. The Morgan fingerprint density at radius 1 is 1.20 bits per heavy atom. The van der Waals surface area contributed by atoms with Crippen molar-refractivity contribution >= 4 is 15.7 Å². The maximum atomic E-state index is 12.2. The Morgan fingerprint density at radius 3 is 2.45 bits per heavy atom. The molecule has 0 aromatic carbocycles. The van der Waals surface area contributed by atoms with E-state index < -0.39 is 14.6 Å². The largest absolute Gasteiger partial charge is 0.467 e. The monoisotopic (exact) mass is 295 g/mol. The summed E-state index contributed by atoms with van der Waals surface area (Å²) in [6.45, 7) is 5.36. The molecule has 0 radical (unpaired) electrons. The van der Waals surface area contributed by atoms with Crippen LogP contribution in [0.4, 0.5) is 5.82 Å². The van der Waals surface area contributed by atoms with Gasteiger partial charge in [0.15, 0.2) is 5.03 Å². The summed E-state index contributed by atoms with van der Waals surface area (Å²) in [7, 11) is -3.47. The van der Waals surface area contributed by atoms with Gasteiger partial charge in [-0.05, 0) is 45.0 Å². The van der Waals surface area contributed by atoms with Gasteiger partial charge in [-0.15, -0.1) is 10.2 Å². The highest BCUT2D eigenvalue weighted by Gasteiger charge is 2.32. The smallest absolute Gasteiger partial charge is 0.202 e. The summed E-state index contributed by atoms with van der Waals surface area (Å²) in [6, 6.07) is 6.67. The zero-order valence-electron chi connectivity index (χ0n) is 11.6. The molecule has 0 amide bonds. The predicted octanol–water partition coefficient (Wildman–Crippen LogP) is 2.25. The summed E-state index contributed by atoms with van der Waals surface area (Å²) < 4.78 is 28.6. The molecule has 0 spiro atoms. The fourth-order valence-electron chi connectivity index (χ4n) is 1.46. The third-order valence-corrected chi connectivity index (χ3v) is 5.13. The second-order valence-electron chi connectivity index (χ2n) is 5.31. The van der Waals surface area contributed by atoms with Crippen molar-refractivity contribution in [2.45, 2.75) is 37.1 Å². The Hall–Kier alpha value is -1.89. The first-order valence-corrected chi connectivity index (χ1v) is 7.63. The molecule has 2 aromatic heterocycles. The van der Waals surface area contributed by atoms with Crippen molar-refractivity contribution in [1.29, 1.82) is 0 Å². The van der Waals surface area contributed by atoms with Gasteiger partial charge in [-0.2, -0.15) is 0 Å². The minimum Gasteiger partial charge on any atom is -0.467 e. The van der Waals surface area contributed by atoms with E-state index in [-0.39, 0.29) is 5.03 Å². The number of hydrogen-bond donors (Lipinski definition) is 1. The van der Waals surface area contributed by atoms with Crippen molar-refractivity contribution in [3.8, 4) is 0 Å². The topological polar surface area (TPSA) is 85.1 Å². The molecule has 7 heteroatoms. The van der Waals surface area contributed by atoms with E-state index in [1.165, 1.54) is 6.07 Å². The van der Waals surface area contributed by atoms with Crippen LogP contribution in [0.1, 0.15) is 26.5 Å². The Morgan fingerprint density at radius 2 is 1.95 bits per heavy atom. The van der Waals surface area contributed by atoms with Crippen LogP contribution in [0.25, 0.3) is 0 Å². The van der Waals surface area contributed by atoms with E-state index in [0.29, 0.717) is 12.4 Å². The summed E-state index contributed by atoms with van der Waals surface area (Å²) >= 11 is 0. The molecular weight excluding hydrogens is 278 g/mol. The fraction of sp³-hybridized carbons (Fsp3) is 0.385. The fourth-order valence-corrected chi connectivity index (χ4v) is 2.49. The van der Waals surface area contributed by atoms with Crippen LogP contribution in [0.15, 0.2) is 40.0 Å². The molecule has 0 fully saturated rings. The van der Waals surface area contributed by atoms with Crippen LogP contribution in [-0.4, -0.2) is 23.4 Å². The lowest BCUT2D eigenvalue weighted by Crippen LogP contribution is -2.28. The van der Waals surface area contributed by atoms with Gasteiger partial charge in [0.1, 0.15) is 11.6 Å². The second-order valence-corrected chi connectivity index (χ2v) is 7.96. The molecule has 108 valence electrons. The van der Waals surface area contributed by atoms with E-state index in [1.807, 2.05) is 6.07 Å². The van der Waals surface area contributed by atoms with Gasteiger partial charge in [0.2, 0.25) is 9.84 Å². The Bertz CT molecular complexity index is 656. The first-order valence-electron chi connectivity index (χ1n) is 6.15. The van der Waals surface area contributed by atoms with Gasteiger partial charge in [0.05, 0.1) is 17.6 Å². The van der Waals surface area contributed by atoms with E-state index in [1.54, 1.807) is 39.2 Å². The van der Waals surface area contributed by atoms with Crippen molar-refractivity contribution in [3.63, 3.8) is 0 Å². The van der Waals surface area contributed by atoms with Gasteiger partial charge in [0.25, 0.3) is 0 Å². The Labute approximate surface area is 118 Å². The lowest BCUT2D eigenvalue weighted by molar-refractivity contribution is 0.517. The van der Waals surface area contributed by atoms with Crippen LogP contribution >= 0.6 is 0 Å². The van der Waals surface area contributed by atoms with Crippen molar-refractivity contribution in [2.24, 2.45) is 0 Å². The van der Waals surface area contributed by atoms with Crippen LogP contribution in [0.5, 0.6) is 0 Å². The zero-order valence-corrected chi connectivity index (χ0v) is 12.4. The summed E-state index contributed by atoms with van der Waals surface area (Å²) in [5, 5.41) is 10.6. The molecule has 2 heterocycles. The maximum absolute atomic E-state index is 12.2. The molecular formula is C13H17N3O3S. The summed E-state index contributed by atoms with van der Waals surface area (Å²) in [5.41, 5.74) is 0. The third-order valence-electron chi connectivity index (χ3n) is 2.75. The van der Waals surface area contributed by atoms with Crippen LogP contribution < -0.4 is 5.32 Å². The summed E-state index contributed by atoms with van der Waals surface area (Å²) in [4.78, 5) is 0. The molecule has 0 aliphatic heterocycles. The van der Waals surface area contributed by atoms with Crippen molar-refractivity contribution in [2.75, 3.05) is 5.32 Å². The first kappa shape index (κ1) is 14.5. The molecule has 0 aliphatic rings. The minimum absolute atomic E-state index is 0.0199. The van der Waals surface area contributed by atoms with E-state index in [9.17, 15) is 8.42 Å². The highest BCUT2D eigenvalue weighted by Crippen LogP contribution is 2.23. The molecule has 0 unspecified atom stereocenters. The van der Waals surface area contributed by atoms with Gasteiger partial charge < -0.3 is 9.73 Å². The average Bonchev–Trinajstić information content (AvgIpc) is 2.88. The second kappa shape index (κ2) is 5.24. The van der Waals surface area contributed by atoms with E-state index >= 15 is 0 Å². The quantitative estimate of drug-likeness (QED) is 0.931. The van der Waals surface area contributed by atoms with Crippen LogP contribution in [0, 0.1) is 0 Å². The number of hydrogen-bond acceptors (Lipinski definition) is 6. The van der Waals surface area contributed by atoms with E-state index in [4.69, 9.17) is 4.42 Å². The summed E-state index contributed by atoms with van der Waals surface area (Å²) in [6.07, 6.45) is 1.59. The van der Waals surface area contributed by atoms with Gasteiger partial charge in [-0.1, -0.05) is 0 Å². The molecule has 1 N–H and O–H groups in total. The van der Waals surface area contributed by atoms with Gasteiger partial charge in [-0.3, -0.25) is 0 Å². The SMILES string of the molecule is CC(C)(C)S(=O)(=O)c1ccc(NCc2ccco2)nn1. The van der Waals surface area contributed by atoms with E-state index in [0.717, 1.165) is 5.76 Å². The zero-order chi connectivity index (χ0) is 14.8. The van der Waals surface area contributed by atoms with Crippen LogP contribution in [0.2, 0.25) is 0 Å². The Balaban J connectivity index is 2.11. The van der Waals surface area contributed by atoms with Crippen LogP contribution in [0.3, 0.4) is 0 Å². The van der Waals surface area contributed by atoms with Gasteiger partial charge in [0, 0.05) is 0 Å². The lowest BCUT2D eigenvalue weighted by Gasteiger charge is -2.17. The molecule has 20 heavy (non-hydrogen) atoms. The number of furan rings is 1. The maximum Gasteiger partial charge on any atom is 0.202 e. The van der Waals surface area contributed by atoms with E-state index in [2.05, 4.69) is 15.5 Å². The molecule has 0 bridgehead atoms. The number of nitrogens with one attached hydrogen (secondary N) is 1. The number of aromatic nitrogens is 2. The Kier molecular flexibility index (Phi) is 3.80. The predicted molar refractivity (Wildman–Crippen MR) is 75.0 cm³/mol. The lowest BCUT2D eigenvalue weighted by atomic mass is 10.3. The van der Waals surface area contributed by atoms with Crippen molar-refractivity contribution in [3.05, 3.63) is 36.3 Å². The highest BCUT2D eigenvalue weighted by atomic mass is 32.2. The van der Waals surface area contributed by atoms with Gasteiger partial charge in [-0.25, -0.2) is 8.42 Å². The number of anilines is 1. The molecule has 2 aromatic rings. The molecule has 6 nitrogen and oxygen atoms in total.